The lowest BCUT2D eigenvalue weighted by Gasteiger charge is -2.21. The zero-order valence-corrected chi connectivity index (χ0v) is 11.2. The fourth-order valence-corrected chi connectivity index (χ4v) is 2.19. The summed E-state index contributed by atoms with van der Waals surface area (Å²) in [6.45, 7) is 1.94. The molecule has 0 saturated carbocycles. The van der Waals surface area contributed by atoms with Crippen molar-refractivity contribution in [3.8, 4) is 0 Å². The molecule has 2 aromatic heterocycles. The Hall–Kier alpha value is -1.81. The molecule has 0 N–H and O–H groups in total. The van der Waals surface area contributed by atoms with E-state index in [1.54, 1.807) is 35.6 Å². The van der Waals surface area contributed by atoms with Crippen molar-refractivity contribution in [1.29, 1.82) is 0 Å². The quantitative estimate of drug-likeness (QED) is 0.788. The predicted molar refractivity (Wildman–Crippen MR) is 73.2 cm³/mol. The Bertz CT molecular complexity index is 514. The summed E-state index contributed by atoms with van der Waals surface area (Å²) >= 11 is 1.61. The van der Waals surface area contributed by atoms with Gasteiger partial charge in [0.1, 0.15) is 5.76 Å². The summed E-state index contributed by atoms with van der Waals surface area (Å²) in [6.07, 6.45) is 5.04. The molecule has 2 rings (SSSR count). The van der Waals surface area contributed by atoms with Gasteiger partial charge in [-0.1, -0.05) is 6.07 Å². The molecule has 0 aliphatic heterocycles. The normalized spacial score (nSPS) is 12.8. The van der Waals surface area contributed by atoms with Crippen LogP contribution in [0.1, 0.15) is 23.6 Å². The molecule has 0 saturated heterocycles. The van der Waals surface area contributed by atoms with Crippen LogP contribution >= 0.6 is 11.3 Å². The molecule has 0 aromatic carbocycles. The highest BCUT2D eigenvalue weighted by Gasteiger charge is 2.17. The molecule has 0 fully saturated rings. The van der Waals surface area contributed by atoms with E-state index in [0.29, 0.717) is 0 Å². The fraction of sp³-hybridized carbons (Fsp3) is 0.214. The first-order chi connectivity index (χ1) is 8.68. The number of hydrogen-bond acceptors (Lipinski definition) is 3. The van der Waals surface area contributed by atoms with Gasteiger partial charge in [0, 0.05) is 18.0 Å². The zero-order chi connectivity index (χ0) is 13.0. The van der Waals surface area contributed by atoms with Gasteiger partial charge < -0.3 is 9.32 Å². The number of hydrogen-bond donors (Lipinski definition) is 0. The number of carbonyl (C=O) groups excluding carboxylic acids is 1. The van der Waals surface area contributed by atoms with Crippen LogP contribution in [0.3, 0.4) is 0 Å². The van der Waals surface area contributed by atoms with E-state index < -0.39 is 0 Å². The van der Waals surface area contributed by atoms with Crippen LogP contribution in [0.15, 0.2) is 46.4 Å². The van der Waals surface area contributed by atoms with Crippen molar-refractivity contribution in [2.45, 2.75) is 13.0 Å². The third-order valence-corrected chi connectivity index (χ3v) is 3.65. The van der Waals surface area contributed by atoms with Crippen molar-refractivity contribution < 1.29 is 9.21 Å². The molecule has 2 aromatic rings. The van der Waals surface area contributed by atoms with E-state index in [9.17, 15) is 4.79 Å². The monoisotopic (exact) mass is 261 g/mol. The molecule has 0 aliphatic rings. The van der Waals surface area contributed by atoms with Crippen molar-refractivity contribution in [2.75, 3.05) is 7.05 Å². The highest BCUT2D eigenvalue weighted by atomic mass is 32.1. The van der Waals surface area contributed by atoms with Crippen molar-refractivity contribution >= 4 is 23.3 Å². The van der Waals surface area contributed by atoms with E-state index in [4.69, 9.17) is 4.42 Å². The number of nitrogens with zero attached hydrogens (tertiary/aromatic N) is 1. The van der Waals surface area contributed by atoms with E-state index in [-0.39, 0.29) is 11.9 Å². The molecule has 1 amide bonds. The number of thiophene rings is 1. The van der Waals surface area contributed by atoms with Crippen LogP contribution in [0, 0.1) is 0 Å². The van der Waals surface area contributed by atoms with Gasteiger partial charge in [0.25, 0.3) is 0 Å². The maximum absolute atomic E-state index is 12.0. The molecule has 1 atom stereocenters. The summed E-state index contributed by atoms with van der Waals surface area (Å²) in [7, 11) is 1.77. The number of amides is 1. The van der Waals surface area contributed by atoms with E-state index in [0.717, 1.165) is 10.6 Å². The Morgan fingerprint density at radius 2 is 2.28 bits per heavy atom. The lowest BCUT2D eigenvalue weighted by molar-refractivity contribution is -0.126. The van der Waals surface area contributed by atoms with Crippen molar-refractivity contribution in [1.82, 2.24) is 4.90 Å². The van der Waals surface area contributed by atoms with E-state index >= 15 is 0 Å². The standard InChI is InChI=1S/C14H15NO2S/c1-11(13-6-3-9-17-13)15(2)14(16)8-7-12-5-4-10-18-12/h3-11H,1-2H3/b8-7+. The van der Waals surface area contributed by atoms with Gasteiger partial charge in [-0.2, -0.15) is 0 Å². The van der Waals surface area contributed by atoms with E-state index in [1.165, 1.54) is 0 Å². The van der Waals surface area contributed by atoms with E-state index in [2.05, 4.69) is 0 Å². The highest BCUT2D eigenvalue weighted by Crippen LogP contribution is 2.19. The van der Waals surface area contributed by atoms with Gasteiger partial charge in [0.05, 0.1) is 12.3 Å². The topological polar surface area (TPSA) is 33.5 Å². The number of carbonyl (C=O) groups is 1. The average molecular weight is 261 g/mol. The second-order valence-electron chi connectivity index (χ2n) is 3.99. The lowest BCUT2D eigenvalue weighted by atomic mass is 10.2. The average Bonchev–Trinajstić information content (AvgIpc) is 3.06. The Morgan fingerprint density at radius 3 is 2.89 bits per heavy atom. The molecular weight excluding hydrogens is 246 g/mol. The molecular formula is C14H15NO2S. The maximum atomic E-state index is 12.0. The maximum Gasteiger partial charge on any atom is 0.246 e. The predicted octanol–water partition coefficient (Wildman–Crippen LogP) is 3.57. The minimum Gasteiger partial charge on any atom is -0.467 e. The fourth-order valence-electron chi connectivity index (χ4n) is 1.57. The third kappa shape index (κ3) is 2.90. The van der Waals surface area contributed by atoms with Crippen molar-refractivity contribution in [3.05, 3.63) is 52.6 Å². The van der Waals surface area contributed by atoms with Crippen molar-refractivity contribution in [2.24, 2.45) is 0 Å². The van der Waals surface area contributed by atoms with Crippen LogP contribution in [0.25, 0.3) is 6.08 Å². The highest BCUT2D eigenvalue weighted by molar-refractivity contribution is 7.10. The lowest BCUT2D eigenvalue weighted by Crippen LogP contribution is -2.27. The first-order valence-electron chi connectivity index (χ1n) is 5.70. The molecule has 3 nitrogen and oxygen atoms in total. The Balaban J connectivity index is 2.01. The number of rotatable bonds is 4. The molecule has 0 bridgehead atoms. The molecule has 94 valence electrons. The van der Waals surface area contributed by atoms with Crippen LogP contribution in [0.2, 0.25) is 0 Å². The summed E-state index contributed by atoms with van der Waals surface area (Å²) in [5.41, 5.74) is 0. The summed E-state index contributed by atoms with van der Waals surface area (Å²) < 4.78 is 5.30. The minimum absolute atomic E-state index is 0.0349. The second kappa shape index (κ2) is 5.69. The molecule has 4 heteroatoms. The molecule has 2 heterocycles. The summed E-state index contributed by atoms with van der Waals surface area (Å²) in [5, 5.41) is 1.99. The molecule has 0 radical (unpaired) electrons. The summed E-state index contributed by atoms with van der Waals surface area (Å²) in [5.74, 6) is 0.752. The largest absolute Gasteiger partial charge is 0.467 e. The van der Waals surface area contributed by atoms with Gasteiger partial charge in [-0.3, -0.25) is 4.79 Å². The van der Waals surface area contributed by atoms with Crippen LogP contribution in [0.5, 0.6) is 0 Å². The Morgan fingerprint density at radius 1 is 1.44 bits per heavy atom. The molecule has 1 unspecified atom stereocenters. The van der Waals surface area contributed by atoms with E-state index in [1.807, 2.05) is 42.6 Å². The first-order valence-corrected chi connectivity index (χ1v) is 6.58. The molecule has 18 heavy (non-hydrogen) atoms. The van der Waals surface area contributed by atoms with Gasteiger partial charge in [-0.15, -0.1) is 11.3 Å². The zero-order valence-electron chi connectivity index (χ0n) is 10.4. The van der Waals surface area contributed by atoms with Gasteiger partial charge >= 0.3 is 0 Å². The van der Waals surface area contributed by atoms with Gasteiger partial charge in [-0.25, -0.2) is 0 Å². The molecule has 0 spiro atoms. The summed E-state index contributed by atoms with van der Waals surface area (Å²) in [6, 6.07) is 7.57. The molecule has 0 aliphatic carbocycles. The van der Waals surface area contributed by atoms with Crippen LogP contribution in [-0.4, -0.2) is 17.9 Å². The minimum atomic E-state index is -0.0690. The Kier molecular flexibility index (Phi) is 3.99. The number of likely N-dealkylation sites (N-methyl/N-ethyl adjacent to an activating group) is 1. The van der Waals surface area contributed by atoms with Gasteiger partial charge in [0.15, 0.2) is 0 Å². The van der Waals surface area contributed by atoms with Crippen LogP contribution in [-0.2, 0) is 4.79 Å². The number of furan rings is 1. The Labute approximate surface area is 110 Å². The van der Waals surface area contributed by atoms with Gasteiger partial charge in [0.2, 0.25) is 5.91 Å². The van der Waals surface area contributed by atoms with Crippen LogP contribution < -0.4 is 0 Å². The third-order valence-electron chi connectivity index (χ3n) is 2.82. The second-order valence-corrected chi connectivity index (χ2v) is 4.97. The smallest absolute Gasteiger partial charge is 0.246 e. The van der Waals surface area contributed by atoms with Crippen LogP contribution in [0.4, 0.5) is 0 Å². The summed E-state index contributed by atoms with van der Waals surface area (Å²) in [4.78, 5) is 14.7. The first kappa shape index (κ1) is 12.6. The van der Waals surface area contributed by atoms with Gasteiger partial charge in [-0.05, 0) is 36.6 Å². The van der Waals surface area contributed by atoms with Crippen molar-refractivity contribution in [3.63, 3.8) is 0 Å². The SMILES string of the molecule is CC(c1ccco1)N(C)C(=O)/C=C/c1cccs1.